The van der Waals surface area contributed by atoms with Crippen LogP contribution >= 0.6 is 0 Å². The zero-order chi connectivity index (χ0) is 14.4. The van der Waals surface area contributed by atoms with Crippen molar-refractivity contribution < 1.29 is 24.5 Å². The highest BCUT2D eigenvalue weighted by atomic mass is 16.5. The molecule has 3 N–H and O–H groups in total. The molecule has 0 aliphatic carbocycles. The number of nitrogens with one attached hydrogen (secondary N) is 1. The lowest BCUT2D eigenvalue weighted by Crippen LogP contribution is -2.35. The summed E-state index contributed by atoms with van der Waals surface area (Å²) < 4.78 is 5.50. The Balaban J connectivity index is 2.91. The van der Waals surface area contributed by atoms with Crippen LogP contribution in [-0.4, -0.2) is 46.9 Å². The highest BCUT2D eigenvalue weighted by molar-refractivity contribution is 5.87. The van der Waals surface area contributed by atoms with Crippen molar-refractivity contribution in [3.63, 3.8) is 0 Å². The molecule has 0 unspecified atom stereocenters. The van der Waals surface area contributed by atoms with Crippen LogP contribution in [0.5, 0.6) is 5.75 Å². The van der Waals surface area contributed by atoms with Gasteiger partial charge in [0.15, 0.2) is 0 Å². The Labute approximate surface area is 108 Å². The number of ether oxygens (including phenoxy) is 1. The molecule has 0 atom stereocenters. The van der Waals surface area contributed by atoms with E-state index in [1.54, 1.807) is 0 Å². The molecule has 1 aromatic heterocycles. The molecule has 0 saturated heterocycles. The van der Waals surface area contributed by atoms with E-state index in [0.29, 0.717) is 6.61 Å². The Morgan fingerprint density at radius 2 is 2.11 bits per heavy atom. The molecule has 0 aliphatic rings. The summed E-state index contributed by atoms with van der Waals surface area (Å²) in [6.07, 6.45) is 0. The van der Waals surface area contributed by atoms with Crippen LogP contribution in [0.2, 0.25) is 0 Å². The molecule has 0 bridgehead atoms. The van der Waals surface area contributed by atoms with Crippen LogP contribution < -0.4 is 10.9 Å². The molecule has 19 heavy (non-hydrogen) atoms. The second-order valence-electron chi connectivity index (χ2n) is 3.67. The minimum Gasteiger partial charge on any atom is -0.508 e. The SMILES string of the molecule is COCCNC(=O)Cn1c(C(=O)O)cc(O)cc1=O. The molecule has 0 radical (unpaired) electrons. The lowest BCUT2D eigenvalue weighted by atomic mass is 10.3. The highest BCUT2D eigenvalue weighted by Crippen LogP contribution is 2.08. The summed E-state index contributed by atoms with van der Waals surface area (Å²) in [5.41, 5.74) is -1.22. The topological polar surface area (TPSA) is 118 Å². The van der Waals surface area contributed by atoms with E-state index >= 15 is 0 Å². The fourth-order valence-corrected chi connectivity index (χ4v) is 1.42. The number of aromatic carboxylic acids is 1. The van der Waals surface area contributed by atoms with Crippen LogP contribution in [0.15, 0.2) is 16.9 Å². The number of aromatic nitrogens is 1. The largest absolute Gasteiger partial charge is 0.508 e. The summed E-state index contributed by atoms with van der Waals surface area (Å²) in [5.74, 6) is -2.39. The first kappa shape index (κ1) is 14.7. The van der Waals surface area contributed by atoms with Crippen LogP contribution in [0, 0.1) is 0 Å². The van der Waals surface area contributed by atoms with Crippen molar-refractivity contribution in [1.82, 2.24) is 9.88 Å². The number of pyridine rings is 1. The summed E-state index contributed by atoms with van der Waals surface area (Å²) >= 11 is 0. The molecule has 1 amide bonds. The summed E-state index contributed by atoms with van der Waals surface area (Å²) in [5, 5.41) is 20.6. The molecule has 1 heterocycles. The number of amides is 1. The Bertz CT molecular complexity index is 536. The molecule has 8 heteroatoms. The maximum absolute atomic E-state index is 11.6. The van der Waals surface area contributed by atoms with E-state index in [1.165, 1.54) is 7.11 Å². The van der Waals surface area contributed by atoms with E-state index in [0.717, 1.165) is 16.7 Å². The van der Waals surface area contributed by atoms with E-state index in [2.05, 4.69) is 5.32 Å². The van der Waals surface area contributed by atoms with E-state index in [9.17, 15) is 19.5 Å². The van der Waals surface area contributed by atoms with Gasteiger partial charge >= 0.3 is 5.97 Å². The van der Waals surface area contributed by atoms with Gasteiger partial charge in [0, 0.05) is 25.8 Å². The average molecular weight is 270 g/mol. The maximum atomic E-state index is 11.6. The van der Waals surface area contributed by atoms with Crippen molar-refractivity contribution in [3.8, 4) is 5.75 Å². The fraction of sp³-hybridized carbons (Fsp3) is 0.364. The van der Waals surface area contributed by atoms with Crippen molar-refractivity contribution in [2.75, 3.05) is 20.3 Å². The van der Waals surface area contributed by atoms with Crippen LogP contribution in [0.25, 0.3) is 0 Å². The summed E-state index contributed by atoms with van der Waals surface area (Å²) in [6.45, 7) is 0.122. The lowest BCUT2D eigenvalue weighted by molar-refractivity contribution is -0.121. The number of aromatic hydroxyl groups is 1. The van der Waals surface area contributed by atoms with Crippen molar-refractivity contribution in [3.05, 3.63) is 28.2 Å². The monoisotopic (exact) mass is 270 g/mol. The number of carbonyl (C=O) groups is 2. The van der Waals surface area contributed by atoms with Gasteiger partial charge in [-0.2, -0.15) is 0 Å². The van der Waals surface area contributed by atoms with Crippen LogP contribution in [0.4, 0.5) is 0 Å². The van der Waals surface area contributed by atoms with Crippen molar-refractivity contribution in [2.45, 2.75) is 6.54 Å². The maximum Gasteiger partial charge on any atom is 0.352 e. The molecule has 0 fully saturated rings. The molecular weight excluding hydrogens is 256 g/mol. The third-order valence-corrected chi connectivity index (χ3v) is 2.26. The summed E-state index contributed by atoms with van der Waals surface area (Å²) in [4.78, 5) is 34.0. The smallest absolute Gasteiger partial charge is 0.352 e. The van der Waals surface area contributed by atoms with Crippen LogP contribution in [0.1, 0.15) is 10.5 Å². The van der Waals surface area contributed by atoms with Gasteiger partial charge in [0.1, 0.15) is 18.0 Å². The number of carboxylic acid groups (broad SMARTS) is 1. The molecule has 0 aliphatic heterocycles. The number of hydrogen-bond acceptors (Lipinski definition) is 5. The zero-order valence-electron chi connectivity index (χ0n) is 10.3. The van der Waals surface area contributed by atoms with Crippen molar-refractivity contribution in [2.24, 2.45) is 0 Å². The number of nitrogens with zero attached hydrogens (tertiary/aromatic N) is 1. The predicted molar refractivity (Wildman–Crippen MR) is 64.2 cm³/mol. The zero-order valence-corrected chi connectivity index (χ0v) is 10.3. The summed E-state index contributed by atoms with van der Waals surface area (Å²) in [7, 11) is 1.47. The predicted octanol–water partition coefficient (Wildman–Crippen LogP) is -0.985. The van der Waals surface area contributed by atoms with Crippen molar-refractivity contribution >= 4 is 11.9 Å². The second-order valence-corrected chi connectivity index (χ2v) is 3.67. The molecule has 0 spiro atoms. The van der Waals surface area contributed by atoms with Gasteiger partial charge in [-0.1, -0.05) is 0 Å². The number of rotatable bonds is 6. The van der Waals surface area contributed by atoms with Gasteiger partial charge < -0.3 is 20.3 Å². The van der Waals surface area contributed by atoms with Crippen LogP contribution in [-0.2, 0) is 16.1 Å². The molecule has 104 valence electrons. The van der Waals surface area contributed by atoms with Gasteiger partial charge in [-0.3, -0.25) is 14.2 Å². The second kappa shape index (κ2) is 6.55. The quantitative estimate of drug-likeness (QED) is 0.571. The van der Waals surface area contributed by atoms with E-state index in [1.807, 2.05) is 0 Å². The number of carbonyl (C=O) groups excluding carboxylic acids is 1. The molecule has 1 rings (SSSR count). The first-order valence-electron chi connectivity index (χ1n) is 5.38. The standard InChI is InChI=1S/C11H14N2O6/c1-19-3-2-12-9(15)6-13-8(11(17)18)4-7(14)5-10(13)16/h4-5,14H,2-3,6H2,1H3,(H,12,15)(H,17,18). The number of carboxylic acids is 1. The van der Waals surface area contributed by atoms with Crippen molar-refractivity contribution in [1.29, 1.82) is 0 Å². The highest BCUT2D eigenvalue weighted by Gasteiger charge is 2.15. The molecule has 0 saturated carbocycles. The van der Waals surface area contributed by atoms with Gasteiger partial charge in [0.05, 0.1) is 6.61 Å². The van der Waals surface area contributed by atoms with Gasteiger partial charge in [0.25, 0.3) is 5.56 Å². The lowest BCUT2D eigenvalue weighted by Gasteiger charge is -2.10. The molecule has 8 nitrogen and oxygen atoms in total. The average Bonchev–Trinajstić information content (AvgIpc) is 2.32. The minimum atomic E-state index is -1.40. The van der Waals surface area contributed by atoms with Gasteiger partial charge in [-0.05, 0) is 0 Å². The first-order chi connectivity index (χ1) is 8.95. The molecular formula is C11H14N2O6. The van der Waals surface area contributed by atoms with E-state index in [4.69, 9.17) is 9.84 Å². The van der Waals surface area contributed by atoms with Gasteiger partial charge in [-0.25, -0.2) is 4.79 Å². The fourth-order valence-electron chi connectivity index (χ4n) is 1.42. The normalized spacial score (nSPS) is 10.2. The van der Waals surface area contributed by atoms with Gasteiger partial charge in [0.2, 0.25) is 5.91 Å². The van der Waals surface area contributed by atoms with Crippen LogP contribution in [0.3, 0.4) is 0 Å². The molecule has 1 aromatic rings. The number of methoxy groups -OCH3 is 1. The first-order valence-corrected chi connectivity index (χ1v) is 5.38. The third kappa shape index (κ3) is 4.11. The Morgan fingerprint density at radius 1 is 1.42 bits per heavy atom. The Hall–Kier alpha value is -2.35. The third-order valence-electron chi connectivity index (χ3n) is 2.26. The van der Waals surface area contributed by atoms with E-state index in [-0.39, 0.29) is 6.54 Å². The number of hydrogen-bond donors (Lipinski definition) is 3. The Morgan fingerprint density at radius 3 is 2.68 bits per heavy atom. The minimum absolute atomic E-state index is 0.255. The Kier molecular flexibility index (Phi) is 5.07. The van der Waals surface area contributed by atoms with Gasteiger partial charge in [-0.15, -0.1) is 0 Å². The van der Waals surface area contributed by atoms with E-state index < -0.39 is 35.4 Å². The summed E-state index contributed by atoms with van der Waals surface area (Å²) in [6, 6.07) is 1.75. The molecule has 0 aromatic carbocycles.